The van der Waals surface area contributed by atoms with Crippen LogP contribution in [-0.2, 0) is 17.8 Å². The Bertz CT molecular complexity index is 836. The van der Waals surface area contributed by atoms with Crippen molar-refractivity contribution in [3.63, 3.8) is 0 Å². The van der Waals surface area contributed by atoms with E-state index < -0.39 is 0 Å². The van der Waals surface area contributed by atoms with Crippen LogP contribution in [0.3, 0.4) is 0 Å². The number of aromatic nitrogens is 3. The number of amides is 1. The van der Waals surface area contributed by atoms with Crippen LogP contribution < -0.4 is 5.69 Å². The summed E-state index contributed by atoms with van der Waals surface area (Å²) >= 11 is 0. The Kier molecular flexibility index (Phi) is 5.62. The third-order valence-corrected chi connectivity index (χ3v) is 6.41. The van der Waals surface area contributed by atoms with Gasteiger partial charge in [-0.3, -0.25) is 14.3 Å². The molecule has 0 saturated carbocycles. The Morgan fingerprint density at radius 1 is 1.07 bits per heavy atom. The van der Waals surface area contributed by atoms with E-state index in [1.54, 1.807) is 17.0 Å². The summed E-state index contributed by atoms with van der Waals surface area (Å²) in [6.45, 7) is 5.35. The van der Waals surface area contributed by atoms with Crippen LogP contribution in [0.2, 0.25) is 0 Å². The molecule has 2 aromatic rings. The lowest BCUT2D eigenvalue weighted by Crippen LogP contribution is -2.52. The SMILES string of the molecule is O=C1CCC2(CCN(CCn3cc[nH]c3=O)CC2)CN1CCc1ccccn1. The molecule has 4 rings (SSSR count). The standard InChI is InChI=1S/C21H29N5O2/c27-19-4-6-21(17-26(19)11-5-18-3-1-2-9-22-18)7-12-24(13-8-21)15-16-25-14-10-23-20(25)28/h1-3,9-10,14H,4-8,11-13,15-17H2,(H,23,28). The van der Waals surface area contributed by atoms with Gasteiger partial charge in [0.2, 0.25) is 5.91 Å². The van der Waals surface area contributed by atoms with E-state index in [0.29, 0.717) is 6.42 Å². The van der Waals surface area contributed by atoms with Crippen LogP contribution in [0, 0.1) is 5.41 Å². The Labute approximate surface area is 165 Å². The van der Waals surface area contributed by atoms with Crippen LogP contribution in [0.4, 0.5) is 0 Å². The minimum atomic E-state index is -0.0391. The lowest BCUT2D eigenvalue weighted by molar-refractivity contribution is -0.139. The molecule has 1 amide bonds. The highest BCUT2D eigenvalue weighted by Crippen LogP contribution is 2.40. The second-order valence-corrected chi connectivity index (χ2v) is 8.19. The molecule has 2 aliphatic heterocycles. The number of hydrogen-bond donors (Lipinski definition) is 1. The number of likely N-dealkylation sites (tertiary alicyclic amines) is 2. The maximum Gasteiger partial charge on any atom is 0.325 e. The number of carbonyl (C=O) groups is 1. The van der Waals surface area contributed by atoms with Crippen LogP contribution in [0.1, 0.15) is 31.4 Å². The first-order valence-electron chi connectivity index (χ1n) is 10.3. The van der Waals surface area contributed by atoms with Crippen LogP contribution in [0.15, 0.2) is 41.6 Å². The molecule has 4 heterocycles. The summed E-state index contributed by atoms with van der Waals surface area (Å²) in [4.78, 5) is 35.6. The maximum atomic E-state index is 12.4. The average Bonchev–Trinajstić information content (AvgIpc) is 3.14. The lowest BCUT2D eigenvalue weighted by atomic mass is 9.72. The first-order chi connectivity index (χ1) is 13.6. The summed E-state index contributed by atoms with van der Waals surface area (Å²) in [7, 11) is 0. The molecule has 1 N–H and O–H groups in total. The van der Waals surface area contributed by atoms with Gasteiger partial charge < -0.3 is 14.8 Å². The summed E-state index contributed by atoms with van der Waals surface area (Å²) in [5, 5.41) is 0. The van der Waals surface area contributed by atoms with Gasteiger partial charge in [0.1, 0.15) is 0 Å². The highest BCUT2D eigenvalue weighted by molar-refractivity contribution is 5.77. The van der Waals surface area contributed by atoms with Gasteiger partial charge >= 0.3 is 5.69 Å². The number of rotatable bonds is 6. The van der Waals surface area contributed by atoms with E-state index in [9.17, 15) is 9.59 Å². The van der Waals surface area contributed by atoms with E-state index >= 15 is 0 Å². The summed E-state index contributed by atoms with van der Waals surface area (Å²) in [5.41, 5.74) is 1.27. The van der Waals surface area contributed by atoms with Gasteiger partial charge in [-0.2, -0.15) is 0 Å². The van der Waals surface area contributed by atoms with Crippen LogP contribution in [-0.4, -0.2) is 63.0 Å². The van der Waals surface area contributed by atoms with Gasteiger partial charge in [0, 0.05) is 63.3 Å². The van der Waals surface area contributed by atoms with E-state index in [-0.39, 0.29) is 17.0 Å². The summed E-state index contributed by atoms with van der Waals surface area (Å²) in [5.74, 6) is 0.288. The zero-order valence-electron chi connectivity index (χ0n) is 16.3. The topological polar surface area (TPSA) is 74.2 Å². The van der Waals surface area contributed by atoms with Crippen molar-refractivity contribution < 1.29 is 4.79 Å². The number of piperidine rings is 2. The Hall–Kier alpha value is -2.41. The molecule has 0 radical (unpaired) electrons. The number of H-pyrrole nitrogens is 1. The van der Waals surface area contributed by atoms with Crippen LogP contribution in [0.5, 0.6) is 0 Å². The Balaban J connectivity index is 1.28. The molecule has 7 heteroatoms. The third kappa shape index (κ3) is 4.35. The van der Waals surface area contributed by atoms with Crippen molar-refractivity contribution in [3.8, 4) is 0 Å². The molecule has 0 bridgehead atoms. The van der Waals surface area contributed by atoms with Crippen molar-refractivity contribution in [2.45, 2.75) is 38.6 Å². The molecule has 0 aliphatic carbocycles. The molecule has 150 valence electrons. The summed E-state index contributed by atoms with van der Waals surface area (Å²) in [6, 6.07) is 5.95. The average molecular weight is 383 g/mol. The molecular weight excluding hydrogens is 354 g/mol. The van der Waals surface area contributed by atoms with Crippen molar-refractivity contribution in [1.82, 2.24) is 24.3 Å². The van der Waals surface area contributed by atoms with Crippen molar-refractivity contribution in [1.29, 1.82) is 0 Å². The van der Waals surface area contributed by atoms with E-state index in [0.717, 1.165) is 70.6 Å². The number of nitrogens with one attached hydrogen (secondary N) is 1. The molecule has 0 unspecified atom stereocenters. The minimum absolute atomic E-state index is 0.0391. The lowest BCUT2D eigenvalue weighted by Gasteiger charge is -2.47. The number of aromatic amines is 1. The fourth-order valence-corrected chi connectivity index (χ4v) is 4.54. The smallest absolute Gasteiger partial charge is 0.325 e. The number of carbonyl (C=O) groups excluding carboxylic acids is 1. The normalized spacial score (nSPS) is 20.0. The molecule has 0 aromatic carbocycles. The van der Waals surface area contributed by atoms with E-state index in [4.69, 9.17) is 0 Å². The van der Waals surface area contributed by atoms with Crippen molar-refractivity contribution >= 4 is 5.91 Å². The third-order valence-electron chi connectivity index (χ3n) is 6.41. The molecule has 2 saturated heterocycles. The van der Waals surface area contributed by atoms with Gasteiger partial charge in [0.15, 0.2) is 0 Å². The van der Waals surface area contributed by atoms with Gasteiger partial charge in [-0.1, -0.05) is 6.07 Å². The molecule has 2 aromatic heterocycles. The fourth-order valence-electron chi connectivity index (χ4n) is 4.54. The van der Waals surface area contributed by atoms with E-state index in [1.807, 2.05) is 24.4 Å². The summed E-state index contributed by atoms with van der Waals surface area (Å²) < 4.78 is 1.73. The molecular formula is C21H29N5O2. The number of hydrogen-bond acceptors (Lipinski definition) is 4. The van der Waals surface area contributed by atoms with Gasteiger partial charge in [-0.15, -0.1) is 0 Å². The number of pyridine rings is 1. The van der Waals surface area contributed by atoms with Gasteiger partial charge in [0.05, 0.1) is 0 Å². The highest BCUT2D eigenvalue weighted by Gasteiger charge is 2.40. The zero-order valence-corrected chi connectivity index (χ0v) is 16.3. The highest BCUT2D eigenvalue weighted by atomic mass is 16.2. The van der Waals surface area contributed by atoms with Gasteiger partial charge in [-0.25, -0.2) is 4.79 Å². The van der Waals surface area contributed by atoms with E-state index in [2.05, 4.69) is 19.8 Å². The first-order valence-corrected chi connectivity index (χ1v) is 10.3. The summed E-state index contributed by atoms with van der Waals surface area (Å²) in [6.07, 6.45) is 10.1. The molecule has 28 heavy (non-hydrogen) atoms. The molecule has 0 atom stereocenters. The second kappa shape index (κ2) is 8.31. The van der Waals surface area contributed by atoms with Gasteiger partial charge in [-0.05, 0) is 49.9 Å². The Morgan fingerprint density at radius 3 is 2.64 bits per heavy atom. The van der Waals surface area contributed by atoms with Crippen molar-refractivity contribution in [2.75, 3.05) is 32.7 Å². The molecule has 2 fully saturated rings. The molecule has 1 spiro atoms. The van der Waals surface area contributed by atoms with Gasteiger partial charge in [0.25, 0.3) is 0 Å². The largest absolute Gasteiger partial charge is 0.342 e. The first kappa shape index (κ1) is 18.9. The zero-order chi connectivity index (χ0) is 19.4. The monoisotopic (exact) mass is 383 g/mol. The van der Waals surface area contributed by atoms with Crippen LogP contribution >= 0.6 is 0 Å². The van der Waals surface area contributed by atoms with Crippen molar-refractivity contribution in [3.05, 3.63) is 53.0 Å². The number of imidazole rings is 1. The molecule has 2 aliphatic rings. The molecule has 7 nitrogen and oxygen atoms in total. The predicted molar refractivity (Wildman–Crippen MR) is 107 cm³/mol. The quantitative estimate of drug-likeness (QED) is 0.821. The fraction of sp³-hybridized carbons (Fsp3) is 0.571. The second-order valence-electron chi connectivity index (χ2n) is 8.19. The van der Waals surface area contributed by atoms with Crippen LogP contribution in [0.25, 0.3) is 0 Å². The van der Waals surface area contributed by atoms with E-state index in [1.165, 1.54) is 0 Å². The minimum Gasteiger partial charge on any atom is -0.342 e. The maximum absolute atomic E-state index is 12.4. The Morgan fingerprint density at radius 2 is 1.93 bits per heavy atom. The predicted octanol–water partition coefficient (Wildman–Crippen LogP) is 1.52. The van der Waals surface area contributed by atoms with Crippen molar-refractivity contribution in [2.24, 2.45) is 5.41 Å². The number of nitrogens with zero attached hydrogens (tertiary/aromatic N) is 4.